The smallest absolute Gasteiger partial charge is 0.292 e. The quantitative estimate of drug-likeness (QED) is 0.626. The molecule has 0 spiro atoms. The number of nitrogens with two attached hydrogens (primary N) is 1. The molecule has 2 aromatic carbocycles. The van der Waals surface area contributed by atoms with Gasteiger partial charge in [-0.15, -0.1) is 0 Å². The molecule has 1 aromatic heterocycles. The van der Waals surface area contributed by atoms with Gasteiger partial charge in [0.05, 0.1) is 21.7 Å². The number of carbonyl (C=O) groups excluding carboxylic acids is 1. The molecule has 158 valence electrons. The van der Waals surface area contributed by atoms with Crippen LogP contribution in [0.4, 0.5) is 0 Å². The van der Waals surface area contributed by atoms with E-state index in [1.165, 1.54) is 23.5 Å². The normalized spacial score (nSPS) is 16.7. The average Bonchev–Trinajstić information content (AvgIpc) is 3.07. The van der Waals surface area contributed by atoms with E-state index in [2.05, 4.69) is 4.99 Å². The fourth-order valence-corrected chi connectivity index (χ4v) is 4.74. The first-order chi connectivity index (χ1) is 14.4. The average molecular weight is 450 g/mol. The summed E-state index contributed by atoms with van der Waals surface area (Å²) in [7, 11) is -2.27. The molecule has 0 saturated carbocycles. The highest BCUT2D eigenvalue weighted by atomic mass is 32.2. The van der Waals surface area contributed by atoms with Gasteiger partial charge in [-0.3, -0.25) is 4.79 Å². The molecular weight excluding hydrogens is 430 g/mol. The SMILES string of the molecule is COCCn1c(=NC(=O)[C@@H]2COc3ccccc3O2)sc2cc(S(N)(=O)=O)ccc21. The molecule has 0 aliphatic carbocycles. The van der Waals surface area contributed by atoms with Gasteiger partial charge in [-0.2, -0.15) is 4.99 Å². The third-order valence-electron chi connectivity index (χ3n) is 4.49. The van der Waals surface area contributed by atoms with E-state index >= 15 is 0 Å². The van der Waals surface area contributed by atoms with Crippen molar-refractivity contribution in [3.8, 4) is 11.5 Å². The molecule has 0 saturated heterocycles. The lowest BCUT2D eigenvalue weighted by atomic mass is 10.2. The number of nitrogens with zero attached hydrogens (tertiary/aromatic N) is 2. The summed E-state index contributed by atoms with van der Waals surface area (Å²) in [5.74, 6) is 0.571. The monoisotopic (exact) mass is 449 g/mol. The molecular formula is C19H19N3O6S2. The zero-order chi connectivity index (χ0) is 21.3. The minimum Gasteiger partial charge on any atom is -0.485 e. The van der Waals surface area contributed by atoms with Gasteiger partial charge in [-0.1, -0.05) is 23.5 Å². The summed E-state index contributed by atoms with van der Waals surface area (Å²) in [4.78, 5) is 17.4. The van der Waals surface area contributed by atoms with Gasteiger partial charge in [0.2, 0.25) is 16.1 Å². The number of sulfonamides is 1. The van der Waals surface area contributed by atoms with Crippen molar-refractivity contribution in [2.24, 2.45) is 10.1 Å². The van der Waals surface area contributed by atoms with E-state index < -0.39 is 22.0 Å². The van der Waals surface area contributed by atoms with E-state index in [1.807, 2.05) is 6.07 Å². The summed E-state index contributed by atoms with van der Waals surface area (Å²) < 4.78 is 42.3. The van der Waals surface area contributed by atoms with Crippen LogP contribution in [-0.2, 0) is 26.1 Å². The van der Waals surface area contributed by atoms with Crippen molar-refractivity contribution in [3.63, 3.8) is 0 Å². The van der Waals surface area contributed by atoms with Crippen LogP contribution in [0, 0.1) is 0 Å². The maximum Gasteiger partial charge on any atom is 0.292 e. The molecule has 3 aromatic rings. The Morgan fingerprint density at radius 3 is 2.80 bits per heavy atom. The largest absolute Gasteiger partial charge is 0.485 e. The number of para-hydroxylation sites is 2. The number of methoxy groups -OCH3 is 1. The highest BCUT2D eigenvalue weighted by molar-refractivity contribution is 7.89. The van der Waals surface area contributed by atoms with Gasteiger partial charge in [0.1, 0.15) is 6.61 Å². The van der Waals surface area contributed by atoms with Gasteiger partial charge in [0, 0.05) is 13.7 Å². The molecule has 1 amide bonds. The summed E-state index contributed by atoms with van der Waals surface area (Å²) in [5, 5.41) is 5.23. The molecule has 2 heterocycles. The third kappa shape index (κ3) is 4.10. The number of aromatic nitrogens is 1. The lowest BCUT2D eigenvalue weighted by Crippen LogP contribution is -2.37. The lowest BCUT2D eigenvalue weighted by Gasteiger charge is -2.23. The van der Waals surface area contributed by atoms with Crippen molar-refractivity contribution in [1.29, 1.82) is 0 Å². The van der Waals surface area contributed by atoms with E-state index in [0.29, 0.717) is 34.2 Å². The zero-order valence-electron chi connectivity index (χ0n) is 16.0. The van der Waals surface area contributed by atoms with Crippen molar-refractivity contribution in [1.82, 2.24) is 4.57 Å². The molecule has 0 bridgehead atoms. The Balaban J connectivity index is 1.73. The van der Waals surface area contributed by atoms with Crippen LogP contribution in [0.25, 0.3) is 10.2 Å². The Labute approximate surface area is 176 Å². The first-order valence-electron chi connectivity index (χ1n) is 8.99. The fraction of sp³-hybridized carbons (Fsp3) is 0.263. The number of primary sulfonamides is 1. The van der Waals surface area contributed by atoms with Gasteiger partial charge in [0.25, 0.3) is 5.91 Å². The van der Waals surface area contributed by atoms with Crippen molar-refractivity contribution < 1.29 is 27.4 Å². The first kappa shape index (κ1) is 20.5. The maximum absolute atomic E-state index is 12.8. The fourth-order valence-electron chi connectivity index (χ4n) is 3.02. The van der Waals surface area contributed by atoms with Crippen LogP contribution in [0.15, 0.2) is 52.4 Å². The van der Waals surface area contributed by atoms with Crippen LogP contribution >= 0.6 is 11.3 Å². The zero-order valence-corrected chi connectivity index (χ0v) is 17.6. The van der Waals surface area contributed by atoms with Crippen LogP contribution in [0.2, 0.25) is 0 Å². The molecule has 0 fully saturated rings. The minimum atomic E-state index is -3.84. The predicted octanol–water partition coefficient (Wildman–Crippen LogP) is 1.26. The second-order valence-electron chi connectivity index (χ2n) is 6.52. The second kappa shape index (κ2) is 8.19. The maximum atomic E-state index is 12.8. The number of thiazole rings is 1. The topological polar surface area (TPSA) is 122 Å². The molecule has 1 aliphatic heterocycles. The van der Waals surface area contributed by atoms with Gasteiger partial charge in [-0.25, -0.2) is 13.6 Å². The summed E-state index contributed by atoms with van der Waals surface area (Å²) in [6, 6.07) is 11.6. The Morgan fingerprint density at radius 2 is 2.07 bits per heavy atom. The number of rotatable bonds is 5. The number of hydrogen-bond donors (Lipinski definition) is 1. The van der Waals surface area contributed by atoms with E-state index in [0.717, 1.165) is 5.52 Å². The van der Waals surface area contributed by atoms with Crippen LogP contribution in [-0.4, -0.2) is 45.3 Å². The molecule has 2 N–H and O–H groups in total. The molecule has 4 rings (SSSR count). The van der Waals surface area contributed by atoms with E-state index in [9.17, 15) is 13.2 Å². The van der Waals surface area contributed by atoms with Gasteiger partial charge in [-0.05, 0) is 30.3 Å². The van der Waals surface area contributed by atoms with Crippen molar-refractivity contribution in [3.05, 3.63) is 47.3 Å². The van der Waals surface area contributed by atoms with Crippen molar-refractivity contribution in [2.45, 2.75) is 17.5 Å². The molecule has 30 heavy (non-hydrogen) atoms. The highest BCUT2D eigenvalue weighted by Gasteiger charge is 2.27. The first-order valence-corrected chi connectivity index (χ1v) is 11.4. The van der Waals surface area contributed by atoms with E-state index in [4.69, 9.17) is 19.3 Å². The summed E-state index contributed by atoms with van der Waals surface area (Å²) >= 11 is 1.19. The molecule has 9 nitrogen and oxygen atoms in total. The Bertz CT molecular complexity index is 1280. The van der Waals surface area contributed by atoms with Gasteiger partial charge in [0.15, 0.2) is 16.3 Å². The molecule has 1 aliphatic rings. The Morgan fingerprint density at radius 1 is 1.30 bits per heavy atom. The van der Waals surface area contributed by atoms with E-state index in [1.54, 1.807) is 35.9 Å². The van der Waals surface area contributed by atoms with Gasteiger partial charge < -0.3 is 18.8 Å². The summed E-state index contributed by atoms with van der Waals surface area (Å²) in [6.45, 7) is 0.876. The number of carbonyl (C=O) groups is 1. The summed E-state index contributed by atoms with van der Waals surface area (Å²) in [5.41, 5.74) is 0.724. The Kier molecular flexibility index (Phi) is 5.60. The van der Waals surface area contributed by atoms with Gasteiger partial charge >= 0.3 is 0 Å². The van der Waals surface area contributed by atoms with Crippen LogP contribution < -0.4 is 19.4 Å². The Hall–Kier alpha value is -2.73. The minimum absolute atomic E-state index is 0.00589. The van der Waals surface area contributed by atoms with Crippen LogP contribution in [0.5, 0.6) is 11.5 Å². The lowest BCUT2D eigenvalue weighted by molar-refractivity contribution is -0.127. The van der Waals surface area contributed by atoms with E-state index in [-0.39, 0.29) is 11.5 Å². The number of hydrogen-bond acceptors (Lipinski definition) is 7. The number of benzene rings is 2. The molecule has 0 radical (unpaired) electrons. The predicted molar refractivity (Wildman–Crippen MR) is 110 cm³/mol. The van der Waals surface area contributed by atoms with Crippen molar-refractivity contribution in [2.75, 3.05) is 20.3 Å². The van der Waals surface area contributed by atoms with Crippen LogP contribution in [0.3, 0.4) is 0 Å². The molecule has 1 atom stereocenters. The van der Waals surface area contributed by atoms with Crippen LogP contribution in [0.1, 0.15) is 0 Å². The standard InChI is InChI=1S/C19H19N3O6S2/c1-26-9-8-22-13-7-6-12(30(20,24)25)10-17(13)29-19(22)21-18(23)16-11-27-14-4-2-3-5-15(14)28-16/h2-7,10,16H,8-9,11H2,1H3,(H2,20,24,25)/t16-/m0/s1. The van der Waals surface area contributed by atoms with Crippen molar-refractivity contribution >= 4 is 37.5 Å². The second-order valence-corrected chi connectivity index (χ2v) is 9.09. The molecule has 0 unspecified atom stereocenters. The number of ether oxygens (including phenoxy) is 3. The summed E-state index contributed by atoms with van der Waals surface area (Å²) in [6.07, 6.45) is -0.874. The molecule has 11 heteroatoms. The number of fused-ring (bicyclic) bond motifs is 2. The highest BCUT2D eigenvalue weighted by Crippen LogP contribution is 2.31. The number of amides is 1. The third-order valence-corrected chi connectivity index (χ3v) is 6.44.